The van der Waals surface area contributed by atoms with Gasteiger partial charge in [-0.3, -0.25) is 26.1 Å². The Kier molecular flexibility index (Phi) is 9.78. The number of anilines is 1. The Balaban J connectivity index is 2.74. The van der Waals surface area contributed by atoms with E-state index in [1.807, 2.05) is 13.8 Å². The van der Waals surface area contributed by atoms with Crippen LogP contribution < -0.4 is 27.6 Å². The summed E-state index contributed by atoms with van der Waals surface area (Å²) < 4.78 is 0. The summed E-state index contributed by atoms with van der Waals surface area (Å²) in [5.41, 5.74) is 9.70. The van der Waals surface area contributed by atoms with E-state index in [4.69, 9.17) is 16.8 Å². The number of nitrogens with two attached hydrogens (primary N) is 2. The van der Waals surface area contributed by atoms with Gasteiger partial charge in [-0.25, -0.2) is 4.89 Å². The zero-order valence-corrected chi connectivity index (χ0v) is 15.2. The first-order chi connectivity index (χ1) is 12.4. The summed E-state index contributed by atoms with van der Waals surface area (Å²) in [4.78, 5) is 28.8. The van der Waals surface area contributed by atoms with Crippen LogP contribution in [0.2, 0.25) is 0 Å². The molecule has 26 heavy (non-hydrogen) atoms. The molecule has 9 nitrogen and oxygen atoms in total. The molecular formula is C17H29N5O4. The summed E-state index contributed by atoms with van der Waals surface area (Å²) >= 11 is 0. The third-order valence-electron chi connectivity index (χ3n) is 3.92. The lowest BCUT2D eigenvalue weighted by Gasteiger charge is -2.22. The molecule has 9 heteroatoms. The fourth-order valence-corrected chi connectivity index (χ4v) is 2.24. The predicted octanol–water partition coefficient (Wildman–Crippen LogP) is 0.326. The molecule has 0 aliphatic rings. The van der Waals surface area contributed by atoms with Crippen LogP contribution in [-0.4, -0.2) is 35.7 Å². The zero-order valence-electron chi connectivity index (χ0n) is 15.2. The van der Waals surface area contributed by atoms with Crippen molar-refractivity contribution >= 4 is 17.5 Å². The van der Waals surface area contributed by atoms with Crippen LogP contribution in [0.1, 0.15) is 32.3 Å². The molecule has 2 atom stereocenters. The second kappa shape index (κ2) is 11.6. The van der Waals surface area contributed by atoms with Crippen LogP contribution in [-0.2, 0) is 21.1 Å². The molecule has 0 unspecified atom stereocenters. The number of hydrogen-bond acceptors (Lipinski definition) is 7. The summed E-state index contributed by atoms with van der Waals surface area (Å²) in [5, 5.41) is 13.9. The van der Waals surface area contributed by atoms with Crippen molar-refractivity contribution in [3.63, 3.8) is 0 Å². The van der Waals surface area contributed by atoms with E-state index in [9.17, 15) is 9.59 Å². The highest BCUT2D eigenvalue weighted by molar-refractivity contribution is 5.97. The number of rotatable bonds is 11. The van der Waals surface area contributed by atoms with Gasteiger partial charge >= 0.3 is 0 Å². The summed E-state index contributed by atoms with van der Waals surface area (Å²) in [6, 6.07) is 5.40. The van der Waals surface area contributed by atoms with Crippen LogP contribution in [0.25, 0.3) is 0 Å². The quantitative estimate of drug-likeness (QED) is 0.143. The summed E-state index contributed by atoms with van der Waals surface area (Å²) in [6.07, 6.45) is 1.03. The Morgan fingerprint density at radius 3 is 2.38 bits per heavy atom. The Hall–Kier alpha value is -2.04. The predicted molar refractivity (Wildman–Crippen MR) is 98.7 cm³/mol. The Bertz CT molecular complexity index is 565. The molecule has 0 bridgehead atoms. The minimum absolute atomic E-state index is 0.0364. The number of nitrogens with one attached hydrogen (secondary N) is 3. The number of carbonyl (C=O) groups excluding carboxylic acids is 2. The fourth-order valence-electron chi connectivity index (χ4n) is 2.24. The highest BCUT2D eigenvalue weighted by atomic mass is 17.1. The summed E-state index contributed by atoms with van der Waals surface area (Å²) in [6.45, 7) is 4.27. The largest absolute Gasteiger partial charge is 0.343 e. The maximum Gasteiger partial charge on any atom is 0.246 e. The van der Waals surface area contributed by atoms with E-state index < -0.39 is 12.1 Å². The molecule has 0 saturated heterocycles. The van der Waals surface area contributed by atoms with Crippen molar-refractivity contribution in [2.24, 2.45) is 17.5 Å². The zero-order chi connectivity index (χ0) is 19.5. The number of benzene rings is 1. The topological polar surface area (TPSA) is 152 Å². The van der Waals surface area contributed by atoms with E-state index in [2.05, 4.69) is 20.9 Å². The van der Waals surface area contributed by atoms with Gasteiger partial charge in [0.15, 0.2) is 0 Å². The van der Waals surface area contributed by atoms with Gasteiger partial charge in [0.1, 0.15) is 12.6 Å². The van der Waals surface area contributed by atoms with Crippen molar-refractivity contribution in [3.8, 4) is 0 Å². The third-order valence-corrected chi connectivity index (χ3v) is 3.92. The molecule has 0 fully saturated rings. The van der Waals surface area contributed by atoms with Crippen molar-refractivity contribution in [1.82, 2.24) is 10.7 Å². The molecule has 1 aromatic rings. The van der Waals surface area contributed by atoms with Gasteiger partial charge in [-0.05, 0) is 36.5 Å². The third kappa shape index (κ3) is 7.46. The van der Waals surface area contributed by atoms with Crippen LogP contribution in [0.5, 0.6) is 0 Å². The Morgan fingerprint density at radius 2 is 1.85 bits per heavy atom. The Labute approximate surface area is 153 Å². The number of amides is 2. The van der Waals surface area contributed by atoms with E-state index in [0.29, 0.717) is 25.1 Å². The minimum atomic E-state index is -0.721. The van der Waals surface area contributed by atoms with E-state index >= 15 is 0 Å². The first kappa shape index (κ1) is 22.0. The molecule has 2 amide bonds. The lowest BCUT2D eigenvalue weighted by atomic mass is 10.0. The monoisotopic (exact) mass is 367 g/mol. The molecule has 146 valence electrons. The van der Waals surface area contributed by atoms with Gasteiger partial charge in [0, 0.05) is 12.2 Å². The lowest BCUT2D eigenvalue weighted by molar-refractivity contribution is -0.253. The molecule has 0 radical (unpaired) electrons. The van der Waals surface area contributed by atoms with Gasteiger partial charge in [0.25, 0.3) is 0 Å². The van der Waals surface area contributed by atoms with Gasteiger partial charge in [-0.2, -0.15) is 0 Å². The van der Waals surface area contributed by atoms with Gasteiger partial charge in [-0.1, -0.05) is 26.0 Å². The highest BCUT2D eigenvalue weighted by Crippen LogP contribution is 2.12. The van der Waals surface area contributed by atoms with Gasteiger partial charge in [-0.15, -0.1) is 0 Å². The van der Waals surface area contributed by atoms with Crippen LogP contribution >= 0.6 is 0 Å². The Morgan fingerprint density at radius 1 is 1.19 bits per heavy atom. The number of carbonyl (C=O) groups is 2. The summed E-state index contributed by atoms with van der Waals surface area (Å²) in [7, 11) is 0. The first-order valence-corrected chi connectivity index (χ1v) is 8.54. The van der Waals surface area contributed by atoms with Crippen LogP contribution in [0.15, 0.2) is 24.3 Å². The fraction of sp³-hybridized carbons (Fsp3) is 0.529. The molecule has 1 rings (SSSR count). The smallest absolute Gasteiger partial charge is 0.246 e. The molecule has 0 aromatic heterocycles. The molecular weight excluding hydrogens is 338 g/mol. The van der Waals surface area contributed by atoms with Crippen molar-refractivity contribution in [3.05, 3.63) is 29.8 Å². The molecule has 0 heterocycles. The van der Waals surface area contributed by atoms with Crippen molar-refractivity contribution in [2.45, 2.75) is 45.4 Å². The van der Waals surface area contributed by atoms with Crippen LogP contribution in [0, 0.1) is 5.92 Å². The highest BCUT2D eigenvalue weighted by Gasteiger charge is 2.25. The molecule has 0 spiro atoms. The standard InChI is InChI=1S/C17H29N5O4/c1-11(2)15(18)17(24)22-14(4-3-9-20-19)16(23)21-13-7-5-12(6-8-13)10-26-25/h5-8,11,14-15,20,25H,3-4,9-10,18-19H2,1-2H3,(H,21,23)(H,22,24)/t14-,15-/m0/s1. The number of hydrazine groups is 1. The van der Waals surface area contributed by atoms with Crippen LogP contribution in [0.4, 0.5) is 5.69 Å². The average Bonchev–Trinajstić information content (AvgIpc) is 2.61. The maximum atomic E-state index is 12.6. The summed E-state index contributed by atoms with van der Waals surface area (Å²) in [5.74, 6) is 4.52. The molecule has 1 aromatic carbocycles. The van der Waals surface area contributed by atoms with Gasteiger partial charge < -0.3 is 16.4 Å². The van der Waals surface area contributed by atoms with Crippen molar-refractivity contribution < 1.29 is 19.7 Å². The SMILES string of the molecule is CC(C)[C@H](N)C(=O)N[C@@H](CCCNN)C(=O)Nc1ccc(COO)cc1. The molecule has 0 aliphatic heterocycles. The van der Waals surface area contributed by atoms with Crippen LogP contribution in [0.3, 0.4) is 0 Å². The second-order valence-corrected chi connectivity index (χ2v) is 6.39. The lowest BCUT2D eigenvalue weighted by Crippen LogP contribution is -2.51. The molecule has 8 N–H and O–H groups in total. The normalized spacial score (nSPS) is 13.3. The van der Waals surface area contributed by atoms with E-state index in [1.54, 1.807) is 24.3 Å². The maximum absolute atomic E-state index is 12.6. The van der Waals surface area contributed by atoms with E-state index in [-0.39, 0.29) is 24.3 Å². The van der Waals surface area contributed by atoms with E-state index in [1.165, 1.54) is 0 Å². The number of hydrogen-bond donors (Lipinski definition) is 6. The first-order valence-electron chi connectivity index (χ1n) is 8.54. The van der Waals surface area contributed by atoms with Crippen molar-refractivity contribution in [1.29, 1.82) is 0 Å². The average molecular weight is 367 g/mol. The second-order valence-electron chi connectivity index (χ2n) is 6.39. The molecule has 0 aliphatic carbocycles. The van der Waals surface area contributed by atoms with E-state index in [0.717, 1.165) is 5.56 Å². The van der Waals surface area contributed by atoms with Gasteiger partial charge in [0.2, 0.25) is 11.8 Å². The van der Waals surface area contributed by atoms with Crippen molar-refractivity contribution in [2.75, 3.05) is 11.9 Å². The molecule has 0 saturated carbocycles. The minimum Gasteiger partial charge on any atom is -0.343 e. The van der Waals surface area contributed by atoms with Gasteiger partial charge in [0.05, 0.1) is 6.04 Å².